The fourth-order valence-corrected chi connectivity index (χ4v) is 1.87. The van der Waals surface area contributed by atoms with E-state index in [1.165, 1.54) is 6.07 Å². The highest BCUT2D eigenvalue weighted by Gasteiger charge is 2.11. The van der Waals surface area contributed by atoms with Crippen LogP contribution >= 0.6 is 0 Å². The van der Waals surface area contributed by atoms with E-state index in [0.717, 1.165) is 6.07 Å². The lowest BCUT2D eigenvalue weighted by atomic mass is 10.1. The summed E-state index contributed by atoms with van der Waals surface area (Å²) in [6.45, 7) is -0.439. The van der Waals surface area contributed by atoms with E-state index in [4.69, 9.17) is 14.8 Å². The number of nitrogens with zero attached hydrogens (tertiary/aromatic N) is 1. The molecule has 0 aliphatic carbocycles. The van der Waals surface area contributed by atoms with E-state index in [-0.39, 0.29) is 23.9 Å². The van der Waals surface area contributed by atoms with Gasteiger partial charge in [0.1, 0.15) is 18.1 Å². The van der Waals surface area contributed by atoms with Crippen LogP contribution in [0.5, 0.6) is 0 Å². The third kappa shape index (κ3) is 3.36. The molecule has 0 radical (unpaired) electrons. The van der Waals surface area contributed by atoms with Gasteiger partial charge in [0.15, 0.2) is 0 Å². The van der Waals surface area contributed by atoms with Crippen molar-refractivity contribution in [2.75, 3.05) is 11.9 Å². The van der Waals surface area contributed by atoms with Crippen molar-refractivity contribution < 1.29 is 18.7 Å². The Morgan fingerprint density at radius 1 is 1.43 bits per heavy atom. The van der Waals surface area contributed by atoms with Crippen LogP contribution in [0.25, 0.3) is 10.8 Å². The maximum absolute atomic E-state index is 13.8. The Morgan fingerprint density at radius 2 is 2.19 bits per heavy atom. The van der Waals surface area contributed by atoms with Crippen LogP contribution in [0.4, 0.5) is 10.1 Å². The van der Waals surface area contributed by atoms with Crippen molar-refractivity contribution >= 4 is 22.4 Å². The molecule has 0 fully saturated rings. The van der Waals surface area contributed by atoms with Crippen molar-refractivity contribution in [3.63, 3.8) is 0 Å². The van der Waals surface area contributed by atoms with E-state index >= 15 is 0 Å². The third-order valence-electron chi connectivity index (χ3n) is 2.81. The summed E-state index contributed by atoms with van der Waals surface area (Å²) in [4.78, 5) is 22.3. The molecule has 7 heteroatoms. The van der Waals surface area contributed by atoms with E-state index in [9.17, 15) is 14.0 Å². The predicted octanol–water partition coefficient (Wildman–Crippen LogP) is 1.88. The van der Waals surface area contributed by atoms with Gasteiger partial charge < -0.3 is 14.8 Å². The summed E-state index contributed by atoms with van der Waals surface area (Å²) in [7, 11) is 0. The monoisotopic (exact) mass is 290 g/mol. The second kappa shape index (κ2) is 6.05. The molecule has 2 rings (SSSR count). The van der Waals surface area contributed by atoms with Gasteiger partial charge in [0, 0.05) is 12.8 Å². The zero-order valence-electron chi connectivity index (χ0n) is 10.9. The Morgan fingerprint density at radius 3 is 2.86 bits per heavy atom. The molecule has 0 bridgehead atoms. The highest BCUT2D eigenvalue weighted by Crippen LogP contribution is 2.22. The second-order valence-corrected chi connectivity index (χ2v) is 4.32. The number of carboxylic acids is 1. The molecule has 1 aromatic carbocycles. The van der Waals surface area contributed by atoms with Crippen molar-refractivity contribution in [2.45, 2.75) is 12.8 Å². The van der Waals surface area contributed by atoms with Gasteiger partial charge in [0.2, 0.25) is 0 Å². The van der Waals surface area contributed by atoms with Crippen molar-refractivity contribution in [2.24, 2.45) is 0 Å². The van der Waals surface area contributed by atoms with Gasteiger partial charge in [0.25, 0.3) is 0 Å². The first-order valence-electron chi connectivity index (χ1n) is 6.10. The van der Waals surface area contributed by atoms with E-state index in [0.29, 0.717) is 11.1 Å². The summed E-state index contributed by atoms with van der Waals surface area (Å²) < 4.78 is 18.8. The smallest absolute Gasteiger partial charge is 0.343 e. The molecule has 0 amide bonds. The zero-order valence-corrected chi connectivity index (χ0v) is 10.9. The van der Waals surface area contributed by atoms with Gasteiger partial charge in [-0.3, -0.25) is 4.79 Å². The van der Waals surface area contributed by atoms with Gasteiger partial charge in [-0.25, -0.2) is 9.18 Å². The quantitative estimate of drug-likeness (QED) is 0.871. The summed E-state index contributed by atoms with van der Waals surface area (Å²) in [5.74, 6) is -1.54. The van der Waals surface area contributed by atoms with Gasteiger partial charge in [0.05, 0.1) is 17.1 Å². The predicted molar refractivity (Wildman–Crippen MR) is 72.5 cm³/mol. The number of aryl methyl sites for hydroxylation is 1. The molecule has 0 saturated heterocycles. The number of nitrogens with one attached hydrogen (secondary N) is 1. The molecule has 2 N–H and O–H groups in total. The Hall–Kier alpha value is -2.88. The molecule has 0 aliphatic heterocycles. The largest absolute Gasteiger partial charge is 0.480 e. The molecule has 108 valence electrons. The molecule has 0 spiro atoms. The molecule has 1 aromatic heterocycles. The standard InChI is InChI=1S/C14H11FN2O4/c15-11-6-10-8(5-12(11)17-7-13(18)19)4-9(2-1-3-16)21-14(10)20/h4-6,17H,1-2,7H2,(H,18,19). The van der Waals surface area contributed by atoms with Gasteiger partial charge >= 0.3 is 11.6 Å². The van der Waals surface area contributed by atoms with Gasteiger partial charge in [-0.15, -0.1) is 0 Å². The molecule has 2 aromatic rings. The van der Waals surface area contributed by atoms with Crippen LogP contribution in [0.15, 0.2) is 27.4 Å². The van der Waals surface area contributed by atoms with E-state index in [1.54, 1.807) is 6.07 Å². The Labute approximate surface area is 118 Å². The fourth-order valence-electron chi connectivity index (χ4n) is 1.87. The molecule has 21 heavy (non-hydrogen) atoms. The summed E-state index contributed by atoms with van der Waals surface area (Å²) in [6, 6.07) is 5.83. The van der Waals surface area contributed by atoms with Crippen molar-refractivity contribution in [3.8, 4) is 6.07 Å². The Bertz CT molecular complexity index is 792. The molecule has 1 heterocycles. The molecule has 0 aliphatic rings. The SMILES string of the molecule is N#CCCc1cc2cc(NCC(=O)O)c(F)cc2c(=O)o1. The first kappa shape index (κ1) is 14.5. The number of nitriles is 1. The number of rotatable bonds is 5. The summed E-state index contributed by atoms with van der Waals surface area (Å²) in [6.07, 6.45) is 0.469. The van der Waals surface area contributed by atoms with Crippen molar-refractivity contribution in [1.82, 2.24) is 0 Å². The van der Waals surface area contributed by atoms with Gasteiger partial charge in [-0.05, 0) is 23.6 Å². The topological polar surface area (TPSA) is 103 Å². The number of benzene rings is 1. The highest BCUT2D eigenvalue weighted by molar-refractivity contribution is 5.85. The summed E-state index contributed by atoms with van der Waals surface area (Å²) in [5.41, 5.74) is -0.703. The average Bonchev–Trinajstić information content (AvgIpc) is 2.43. The Kier molecular flexibility index (Phi) is 4.18. The minimum atomic E-state index is -1.13. The van der Waals surface area contributed by atoms with E-state index < -0.39 is 24.0 Å². The minimum Gasteiger partial charge on any atom is -0.480 e. The number of hydrogen-bond acceptors (Lipinski definition) is 5. The van der Waals surface area contributed by atoms with Crippen LogP contribution in [-0.2, 0) is 11.2 Å². The first-order chi connectivity index (χ1) is 10.0. The number of anilines is 1. The number of halogens is 1. The van der Waals surface area contributed by atoms with Crippen LogP contribution in [-0.4, -0.2) is 17.6 Å². The molecule has 0 atom stereocenters. The average molecular weight is 290 g/mol. The maximum atomic E-state index is 13.8. The van der Waals surface area contributed by atoms with Crippen LogP contribution < -0.4 is 10.9 Å². The van der Waals surface area contributed by atoms with Crippen molar-refractivity contribution in [1.29, 1.82) is 5.26 Å². The van der Waals surface area contributed by atoms with Gasteiger partial charge in [-0.2, -0.15) is 5.26 Å². The second-order valence-electron chi connectivity index (χ2n) is 4.32. The lowest BCUT2D eigenvalue weighted by molar-refractivity contribution is -0.134. The van der Waals surface area contributed by atoms with E-state index in [1.807, 2.05) is 6.07 Å². The Balaban J connectivity index is 2.46. The van der Waals surface area contributed by atoms with Crippen LogP contribution in [0, 0.1) is 17.1 Å². The molecule has 0 unspecified atom stereocenters. The number of aliphatic carboxylic acids is 1. The number of fused-ring (bicyclic) bond motifs is 1. The number of carboxylic acid groups (broad SMARTS) is 1. The molecular formula is C14H11FN2O4. The third-order valence-corrected chi connectivity index (χ3v) is 2.81. The molecular weight excluding hydrogens is 279 g/mol. The van der Waals surface area contributed by atoms with Crippen LogP contribution in [0.2, 0.25) is 0 Å². The maximum Gasteiger partial charge on any atom is 0.343 e. The minimum absolute atomic E-state index is 0.0123. The van der Waals surface area contributed by atoms with Crippen molar-refractivity contribution in [3.05, 3.63) is 40.2 Å². The number of carbonyl (C=O) groups is 1. The molecule has 0 saturated carbocycles. The lowest BCUT2D eigenvalue weighted by Crippen LogP contribution is -2.13. The fraction of sp³-hybridized carbons (Fsp3) is 0.214. The normalized spacial score (nSPS) is 10.3. The van der Waals surface area contributed by atoms with E-state index in [2.05, 4.69) is 5.32 Å². The summed E-state index contributed by atoms with van der Waals surface area (Å²) >= 11 is 0. The van der Waals surface area contributed by atoms with Crippen LogP contribution in [0.1, 0.15) is 12.2 Å². The van der Waals surface area contributed by atoms with Gasteiger partial charge in [-0.1, -0.05) is 0 Å². The first-order valence-corrected chi connectivity index (χ1v) is 6.10. The number of hydrogen-bond donors (Lipinski definition) is 2. The van der Waals surface area contributed by atoms with Crippen LogP contribution in [0.3, 0.4) is 0 Å². The lowest BCUT2D eigenvalue weighted by Gasteiger charge is -2.07. The molecule has 6 nitrogen and oxygen atoms in total. The zero-order chi connectivity index (χ0) is 15.4. The summed E-state index contributed by atoms with van der Waals surface area (Å²) in [5, 5.41) is 20.0. The highest BCUT2D eigenvalue weighted by atomic mass is 19.1.